The largest absolute Gasteiger partial charge is 0.361 e. The number of fused-ring (bicyclic) bond motifs is 1. The van der Waals surface area contributed by atoms with E-state index in [-0.39, 0.29) is 11.8 Å². The summed E-state index contributed by atoms with van der Waals surface area (Å²) in [4.78, 5) is 34.5. The third-order valence-corrected chi connectivity index (χ3v) is 4.87. The minimum absolute atomic E-state index is 0.123. The van der Waals surface area contributed by atoms with Gasteiger partial charge in [-0.15, -0.1) is 0 Å². The van der Waals surface area contributed by atoms with Gasteiger partial charge in [-0.25, -0.2) is 0 Å². The molecule has 0 bridgehead atoms. The quantitative estimate of drug-likeness (QED) is 0.581. The fourth-order valence-corrected chi connectivity index (χ4v) is 3.46. The summed E-state index contributed by atoms with van der Waals surface area (Å²) in [5.41, 5.74) is 3.03. The van der Waals surface area contributed by atoms with Crippen molar-refractivity contribution in [2.75, 3.05) is 19.6 Å². The van der Waals surface area contributed by atoms with Crippen LogP contribution in [0.4, 0.5) is 0 Å². The van der Waals surface area contributed by atoms with E-state index in [1.165, 1.54) is 17.1 Å². The first-order chi connectivity index (χ1) is 14.1. The number of nitrogens with zero attached hydrogens (tertiary/aromatic N) is 2. The average Bonchev–Trinajstić information content (AvgIpc) is 3.16. The molecular weight excluding hydrogens is 364 g/mol. The second-order valence-corrected chi connectivity index (χ2v) is 7.09. The first-order valence-corrected chi connectivity index (χ1v) is 10.2. The maximum atomic E-state index is 12.7. The van der Waals surface area contributed by atoms with E-state index in [1.54, 1.807) is 17.0 Å². The number of carbonyl (C=O) groups is 2. The highest BCUT2D eigenvalue weighted by Crippen LogP contribution is 2.17. The minimum Gasteiger partial charge on any atom is -0.361 e. The number of amides is 2. The van der Waals surface area contributed by atoms with Crippen LogP contribution in [0.1, 0.15) is 53.1 Å². The summed E-state index contributed by atoms with van der Waals surface area (Å²) in [6.45, 7) is 5.98. The van der Waals surface area contributed by atoms with Crippen LogP contribution in [0, 0.1) is 0 Å². The molecule has 0 fully saturated rings. The van der Waals surface area contributed by atoms with Crippen molar-refractivity contribution in [1.82, 2.24) is 20.2 Å². The summed E-state index contributed by atoms with van der Waals surface area (Å²) >= 11 is 0. The molecule has 2 aromatic heterocycles. The normalized spacial score (nSPS) is 10.8. The maximum Gasteiger partial charge on any atom is 0.272 e. The zero-order valence-electron chi connectivity index (χ0n) is 17.1. The van der Waals surface area contributed by atoms with Crippen molar-refractivity contribution in [2.45, 2.75) is 33.1 Å². The van der Waals surface area contributed by atoms with Crippen molar-refractivity contribution in [1.29, 1.82) is 0 Å². The number of hydrogen-bond acceptors (Lipinski definition) is 3. The molecule has 3 aromatic rings. The lowest BCUT2D eigenvalue weighted by Gasteiger charge is -2.21. The van der Waals surface area contributed by atoms with Crippen LogP contribution < -0.4 is 5.32 Å². The Morgan fingerprint density at radius 3 is 2.62 bits per heavy atom. The van der Waals surface area contributed by atoms with Crippen LogP contribution in [-0.2, 0) is 6.42 Å². The van der Waals surface area contributed by atoms with Crippen LogP contribution >= 0.6 is 0 Å². The molecule has 0 radical (unpaired) electrons. The smallest absolute Gasteiger partial charge is 0.272 e. The number of para-hydroxylation sites is 1. The third-order valence-electron chi connectivity index (χ3n) is 4.87. The molecule has 3 rings (SSSR count). The summed E-state index contributed by atoms with van der Waals surface area (Å²) < 4.78 is 0. The van der Waals surface area contributed by atoms with Gasteiger partial charge in [0.1, 0.15) is 5.69 Å². The van der Waals surface area contributed by atoms with Gasteiger partial charge in [-0.2, -0.15) is 0 Å². The Bertz CT molecular complexity index is 974. The van der Waals surface area contributed by atoms with Gasteiger partial charge in [0.05, 0.1) is 0 Å². The van der Waals surface area contributed by atoms with Gasteiger partial charge in [-0.3, -0.25) is 14.6 Å². The minimum atomic E-state index is -0.196. The lowest BCUT2D eigenvalue weighted by molar-refractivity contribution is 0.0749. The summed E-state index contributed by atoms with van der Waals surface area (Å²) in [7, 11) is 0. The number of aromatic amines is 1. The number of hydrogen-bond donors (Lipinski definition) is 2. The van der Waals surface area contributed by atoms with E-state index in [0.717, 1.165) is 24.8 Å². The molecule has 1 aromatic carbocycles. The summed E-state index contributed by atoms with van der Waals surface area (Å²) in [5, 5.41) is 4.11. The molecule has 0 aliphatic carbocycles. The zero-order chi connectivity index (χ0) is 20.6. The molecule has 6 nitrogen and oxygen atoms in total. The molecule has 2 heterocycles. The van der Waals surface area contributed by atoms with E-state index in [4.69, 9.17) is 0 Å². The Labute approximate surface area is 171 Å². The van der Waals surface area contributed by atoms with E-state index >= 15 is 0 Å². The highest BCUT2D eigenvalue weighted by Gasteiger charge is 2.17. The van der Waals surface area contributed by atoms with Crippen LogP contribution in [0.5, 0.6) is 0 Å². The van der Waals surface area contributed by atoms with Gasteiger partial charge in [0.2, 0.25) is 0 Å². The van der Waals surface area contributed by atoms with E-state index in [1.807, 2.05) is 38.2 Å². The Morgan fingerprint density at radius 1 is 1.10 bits per heavy atom. The number of rotatable bonds is 9. The van der Waals surface area contributed by atoms with Gasteiger partial charge in [-0.1, -0.05) is 32.0 Å². The molecule has 2 N–H and O–H groups in total. The van der Waals surface area contributed by atoms with Gasteiger partial charge >= 0.3 is 0 Å². The number of benzene rings is 1. The average molecular weight is 393 g/mol. The van der Waals surface area contributed by atoms with E-state index < -0.39 is 0 Å². The van der Waals surface area contributed by atoms with Crippen LogP contribution in [0.2, 0.25) is 0 Å². The SMILES string of the molecule is CCCN(CCC)C(=O)c1cc(C(=O)NCCc2c[nH]c3ccccc23)ccn1. The van der Waals surface area contributed by atoms with E-state index in [2.05, 4.69) is 21.4 Å². The summed E-state index contributed by atoms with van der Waals surface area (Å²) in [5.74, 6) is -0.319. The molecule has 0 spiro atoms. The van der Waals surface area contributed by atoms with Crippen molar-refractivity contribution >= 4 is 22.7 Å². The first-order valence-electron chi connectivity index (χ1n) is 10.2. The molecule has 2 amide bonds. The second-order valence-electron chi connectivity index (χ2n) is 7.09. The van der Waals surface area contributed by atoms with Gasteiger partial charge in [0, 0.05) is 48.5 Å². The van der Waals surface area contributed by atoms with Crippen molar-refractivity contribution in [3.63, 3.8) is 0 Å². The van der Waals surface area contributed by atoms with Crippen LogP contribution in [0.15, 0.2) is 48.8 Å². The van der Waals surface area contributed by atoms with Crippen LogP contribution in [0.3, 0.4) is 0 Å². The van der Waals surface area contributed by atoms with Crippen molar-refractivity contribution in [3.8, 4) is 0 Å². The number of nitrogens with one attached hydrogen (secondary N) is 2. The molecule has 0 aliphatic heterocycles. The molecule has 29 heavy (non-hydrogen) atoms. The van der Waals surface area contributed by atoms with E-state index in [9.17, 15) is 9.59 Å². The number of aromatic nitrogens is 2. The lowest BCUT2D eigenvalue weighted by atomic mass is 10.1. The lowest BCUT2D eigenvalue weighted by Crippen LogP contribution is -2.33. The standard InChI is InChI=1S/C23H28N4O2/c1-3-13-27(14-4-2)23(29)21-15-17(9-11-24-21)22(28)25-12-10-18-16-26-20-8-6-5-7-19(18)20/h5-9,11,15-16,26H,3-4,10,12-14H2,1-2H3,(H,25,28). The Balaban J connectivity index is 1.62. The number of pyridine rings is 1. The first kappa shape index (κ1) is 20.6. The molecule has 6 heteroatoms. The zero-order valence-corrected chi connectivity index (χ0v) is 17.1. The summed E-state index contributed by atoms with van der Waals surface area (Å²) in [6, 6.07) is 11.3. The van der Waals surface area contributed by atoms with Gasteiger partial charge in [0.15, 0.2) is 0 Å². The fraction of sp³-hybridized carbons (Fsp3) is 0.348. The fourth-order valence-electron chi connectivity index (χ4n) is 3.46. The maximum absolute atomic E-state index is 12.7. The highest BCUT2D eigenvalue weighted by molar-refractivity contribution is 5.98. The number of carbonyl (C=O) groups excluding carboxylic acids is 2. The molecule has 0 aliphatic rings. The molecule has 0 unspecified atom stereocenters. The molecule has 0 saturated carbocycles. The molecular formula is C23H28N4O2. The Hall–Kier alpha value is -3.15. The molecule has 0 saturated heterocycles. The van der Waals surface area contributed by atoms with Crippen molar-refractivity contribution in [2.24, 2.45) is 0 Å². The van der Waals surface area contributed by atoms with Crippen molar-refractivity contribution < 1.29 is 9.59 Å². The van der Waals surface area contributed by atoms with Gasteiger partial charge < -0.3 is 15.2 Å². The Morgan fingerprint density at radius 2 is 1.86 bits per heavy atom. The molecule has 0 atom stereocenters. The molecule has 152 valence electrons. The van der Waals surface area contributed by atoms with Crippen molar-refractivity contribution in [3.05, 3.63) is 65.6 Å². The monoisotopic (exact) mass is 392 g/mol. The predicted octanol–water partition coefficient (Wildman–Crippen LogP) is 3.80. The highest BCUT2D eigenvalue weighted by atomic mass is 16.2. The summed E-state index contributed by atoms with van der Waals surface area (Å²) in [6.07, 6.45) is 6.01. The van der Waals surface area contributed by atoms with Crippen LogP contribution in [-0.4, -0.2) is 46.3 Å². The second kappa shape index (κ2) is 9.87. The third kappa shape index (κ3) is 5.02. The topological polar surface area (TPSA) is 78.1 Å². The van der Waals surface area contributed by atoms with Gasteiger partial charge in [0.25, 0.3) is 11.8 Å². The predicted molar refractivity (Wildman–Crippen MR) is 115 cm³/mol. The van der Waals surface area contributed by atoms with Crippen LogP contribution in [0.25, 0.3) is 10.9 Å². The van der Waals surface area contributed by atoms with E-state index in [0.29, 0.717) is 30.9 Å². The Kier molecular flexibility index (Phi) is 7.00. The van der Waals surface area contributed by atoms with Gasteiger partial charge in [-0.05, 0) is 43.0 Å². The number of H-pyrrole nitrogens is 1.